The van der Waals surface area contributed by atoms with Gasteiger partial charge in [-0.25, -0.2) is 4.98 Å². The highest BCUT2D eigenvalue weighted by molar-refractivity contribution is 6.11. The van der Waals surface area contributed by atoms with E-state index in [1.54, 1.807) is 0 Å². The van der Waals surface area contributed by atoms with Gasteiger partial charge in [-0.15, -0.1) is 0 Å². The number of aromatic nitrogens is 2. The van der Waals surface area contributed by atoms with Gasteiger partial charge in [0.2, 0.25) is 12.7 Å². The predicted molar refractivity (Wildman–Crippen MR) is 137 cm³/mol. The van der Waals surface area contributed by atoms with Gasteiger partial charge in [0.25, 0.3) is 0 Å². The van der Waals surface area contributed by atoms with Gasteiger partial charge in [0.15, 0.2) is 11.5 Å². The first-order chi connectivity index (χ1) is 18.3. The van der Waals surface area contributed by atoms with Crippen molar-refractivity contribution >= 4 is 33.8 Å². The number of alkyl halides is 3. The molecular formula is C29H20F3N3O3. The molecule has 38 heavy (non-hydrogen) atoms. The number of carbonyl (C=O) groups is 1. The molecule has 9 heteroatoms. The summed E-state index contributed by atoms with van der Waals surface area (Å²) in [5.41, 5.74) is 3.76. The third kappa shape index (κ3) is 4.54. The summed E-state index contributed by atoms with van der Waals surface area (Å²) in [6, 6.07) is 20.1. The van der Waals surface area contributed by atoms with Crippen LogP contribution in [0.1, 0.15) is 16.8 Å². The Morgan fingerprint density at radius 3 is 2.58 bits per heavy atom. The number of fused-ring (bicyclic) bond motifs is 4. The van der Waals surface area contributed by atoms with Crippen LogP contribution in [-0.4, -0.2) is 22.7 Å². The van der Waals surface area contributed by atoms with Crippen molar-refractivity contribution in [2.24, 2.45) is 0 Å². The molecule has 0 spiro atoms. The van der Waals surface area contributed by atoms with Crippen LogP contribution < -0.4 is 14.8 Å². The molecule has 6 rings (SSSR count). The number of halogens is 3. The maximum Gasteiger partial charge on any atom is 0.416 e. The minimum Gasteiger partial charge on any atom is -0.454 e. The molecule has 5 aromatic rings. The van der Waals surface area contributed by atoms with Crippen LogP contribution in [0.4, 0.5) is 13.2 Å². The molecule has 0 unspecified atom stereocenters. The Kier molecular flexibility index (Phi) is 5.75. The van der Waals surface area contributed by atoms with E-state index in [1.807, 2.05) is 48.5 Å². The number of hydrogen-bond acceptors (Lipinski definition) is 4. The Bertz CT molecular complexity index is 1710. The second kappa shape index (κ2) is 9.26. The summed E-state index contributed by atoms with van der Waals surface area (Å²) in [6.45, 7) is 0.323. The molecule has 3 aromatic carbocycles. The van der Waals surface area contributed by atoms with E-state index in [9.17, 15) is 18.0 Å². The van der Waals surface area contributed by atoms with E-state index in [1.165, 1.54) is 24.3 Å². The van der Waals surface area contributed by atoms with E-state index in [-0.39, 0.29) is 13.3 Å². The van der Waals surface area contributed by atoms with Crippen molar-refractivity contribution in [3.63, 3.8) is 0 Å². The SMILES string of the molecule is O=C(/C=C/c1ccc(C(F)(F)F)cc1)NCc1cc2c([nH]c3ccccc32)c(-c2ccc3c(c2)OCO3)n1. The number of rotatable bonds is 5. The Labute approximate surface area is 214 Å². The zero-order valence-electron chi connectivity index (χ0n) is 19.8. The topological polar surface area (TPSA) is 76.2 Å². The smallest absolute Gasteiger partial charge is 0.416 e. The quantitative estimate of drug-likeness (QED) is 0.264. The molecule has 3 heterocycles. The molecule has 0 fully saturated rings. The van der Waals surface area contributed by atoms with Crippen molar-refractivity contribution in [3.8, 4) is 22.8 Å². The Hall–Kier alpha value is -4.79. The number of pyridine rings is 1. The van der Waals surface area contributed by atoms with E-state index in [0.717, 1.165) is 39.5 Å². The molecule has 1 amide bonds. The molecule has 0 saturated carbocycles. The molecule has 0 radical (unpaired) electrons. The number of H-pyrrole nitrogens is 1. The molecular weight excluding hydrogens is 495 g/mol. The Morgan fingerprint density at radius 1 is 0.974 bits per heavy atom. The number of carbonyl (C=O) groups excluding carboxylic acids is 1. The average molecular weight is 515 g/mol. The second-order valence-electron chi connectivity index (χ2n) is 8.79. The highest BCUT2D eigenvalue weighted by atomic mass is 19.4. The van der Waals surface area contributed by atoms with Crippen LogP contribution >= 0.6 is 0 Å². The van der Waals surface area contributed by atoms with Crippen LogP contribution in [0.2, 0.25) is 0 Å². The number of nitrogens with zero attached hydrogens (tertiary/aromatic N) is 1. The van der Waals surface area contributed by atoms with E-state index >= 15 is 0 Å². The van der Waals surface area contributed by atoms with E-state index < -0.39 is 17.6 Å². The number of benzene rings is 3. The first-order valence-corrected chi connectivity index (χ1v) is 11.8. The van der Waals surface area contributed by atoms with E-state index in [4.69, 9.17) is 14.5 Å². The molecule has 0 aliphatic carbocycles. The van der Waals surface area contributed by atoms with Crippen molar-refractivity contribution in [2.75, 3.05) is 6.79 Å². The third-order valence-corrected chi connectivity index (χ3v) is 6.30. The number of para-hydroxylation sites is 1. The molecule has 0 atom stereocenters. The number of ether oxygens (including phenoxy) is 2. The minimum absolute atomic E-state index is 0.156. The number of hydrogen-bond donors (Lipinski definition) is 2. The van der Waals surface area contributed by atoms with Crippen molar-refractivity contribution in [1.82, 2.24) is 15.3 Å². The largest absolute Gasteiger partial charge is 0.454 e. The van der Waals surface area contributed by atoms with Crippen LogP contribution in [0, 0.1) is 0 Å². The lowest BCUT2D eigenvalue weighted by Gasteiger charge is -2.09. The summed E-state index contributed by atoms with van der Waals surface area (Å²) in [6.07, 6.45) is -1.66. The average Bonchev–Trinajstić information content (AvgIpc) is 3.54. The monoisotopic (exact) mass is 515 g/mol. The highest BCUT2D eigenvalue weighted by Crippen LogP contribution is 2.38. The lowest BCUT2D eigenvalue weighted by Crippen LogP contribution is -2.21. The maximum absolute atomic E-state index is 12.8. The fourth-order valence-electron chi connectivity index (χ4n) is 4.43. The Morgan fingerprint density at radius 2 is 1.76 bits per heavy atom. The van der Waals surface area contributed by atoms with Gasteiger partial charge in [-0.2, -0.15) is 13.2 Å². The van der Waals surface area contributed by atoms with Gasteiger partial charge in [-0.3, -0.25) is 4.79 Å². The summed E-state index contributed by atoms with van der Waals surface area (Å²) in [7, 11) is 0. The Balaban J connectivity index is 1.27. The van der Waals surface area contributed by atoms with Crippen molar-refractivity contribution < 1.29 is 27.4 Å². The number of amides is 1. The fourth-order valence-corrected chi connectivity index (χ4v) is 4.43. The summed E-state index contributed by atoms with van der Waals surface area (Å²) in [5, 5.41) is 4.80. The zero-order valence-corrected chi connectivity index (χ0v) is 19.8. The van der Waals surface area contributed by atoms with Crippen LogP contribution in [0.3, 0.4) is 0 Å². The normalized spacial score (nSPS) is 13.0. The van der Waals surface area contributed by atoms with Crippen LogP contribution in [0.15, 0.2) is 78.9 Å². The summed E-state index contributed by atoms with van der Waals surface area (Å²) < 4.78 is 49.2. The van der Waals surface area contributed by atoms with Crippen LogP contribution in [-0.2, 0) is 17.5 Å². The third-order valence-electron chi connectivity index (χ3n) is 6.30. The first-order valence-electron chi connectivity index (χ1n) is 11.8. The first kappa shape index (κ1) is 23.6. The lowest BCUT2D eigenvalue weighted by atomic mass is 10.1. The molecule has 2 N–H and O–H groups in total. The number of nitrogens with one attached hydrogen (secondary N) is 2. The predicted octanol–water partition coefficient (Wildman–Crippen LogP) is 6.46. The van der Waals surface area contributed by atoms with Gasteiger partial charge >= 0.3 is 6.18 Å². The fraction of sp³-hybridized carbons (Fsp3) is 0.103. The molecule has 0 bridgehead atoms. The van der Waals surface area contributed by atoms with E-state index in [2.05, 4.69) is 10.3 Å². The molecule has 2 aromatic heterocycles. The molecule has 0 saturated heterocycles. The van der Waals surface area contributed by atoms with Gasteiger partial charge in [-0.1, -0.05) is 30.3 Å². The highest BCUT2D eigenvalue weighted by Gasteiger charge is 2.29. The summed E-state index contributed by atoms with van der Waals surface area (Å²) in [4.78, 5) is 20.8. The summed E-state index contributed by atoms with van der Waals surface area (Å²) >= 11 is 0. The standard InChI is InChI=1S/C29H20F3N3O3/c30-29(31,32)19-9-5-17(6-10-19)7-12-26(36)33-15-20-14-22-21-3-1-2-4-23(21)35-28(22)27(34-20)18-8-11-24-25(13-18)38-16-37-24/h1-14,35H,15-16H2,(H,33,36)/b12-7+. The van der Waals surface area contributed by atoms with Gasteiger partial charge in [0.05, 0.1) is 29.0 Å². The van der Waals surface area contributed by atoms with Gasteiger partial charge < -0.3 is 19.8 Å². The van der Waals surface area contributed by atoms with Crippen molar-refractivity contribution in [1.29, 1.82) is 0 Å². The van der Waals surface area contributed by atoms with E-state index in [0.29, 0.717) is 28.5 Å². The van der Waals surface area contributed by atoms with Crippen LogP contribution in [0.25, 0.3) is 39.1 Å². The summed E-state index contributed by atoms with van der Waals surface area (Å²) in [5.74, 6) is 0.918. The molecule has 1 aliphatic rings. The van der Waals surface area contributed by atoms with Crippen LogP contribution in [0.5, 0.6) is 11.5 Å². The minimum atomic E-state index is -4.40. The number of aromatic amines is 1. The maximum atomic E-state index is 12.8. The molecule has 190 valence electrons. The lowest BCUT2D eigenvalue weighted by molar-refractivity contribution is -0.137. The van der Waals surface area contributed by atoms with Gasteiger partial charge in [0.1, 0.15) is 0 Å². The van der Waals surface area contributed by atoms with Crippen molar-refractivity contribution in [3.05, 3.63) is 95.7 Å². The molecule has 6 nitrogen and oxygen atoms in total. The van der Waals surface area contributed by atoms with Crippen molar-refractivity contribution in [2.45, 2.75) is 12.7 Å². The van der Waals surface area contributed by atoms with Gasteiger partial charge in [-0.05, 0) is 54.1 Å². The van der Waals surface area contributed by atoms with Gasteiger partial charge in [0, 0.05) is 27.9 Å². The molecule has 1 aliphatic heterocycles. The second-order valence-corrected chi connectivity index (χ2v) is 8.79. The zero-order chi connectivity index (χ0) is 26.3.